The van der Waals surface area contributed by atoms with E-state index in [-0.39, 0.29) is 0 Å². The number of hydrogen-bond acceptors (Lipinski definition) is 2. The number of azide groups is 1. The first kappa shape index (κ1) is 5.71. The van der Waals surface area contributed by atoms with Crippen LogP contribution in [0.1, 0.15) is 45.0 Å². The van der Waals surface area contributed by atoms with Gasteiger partial charge >= 0.3 is 0 Å². The van der Waals surface area contributed by atoms with Gasteiger partial charge in [-0.15, -0.1) is 0 Å². The first-order chi connectivity index (χ1) is 9.77. The largest absolute Gasteiger partial charge is 0.416 e. The molecule has 0 heterocycles. The molecule has 0 aliphatic carbocycles. The van der Waals surface area contributed by atoms with Crippen molar-refractivity contribution in [3.63, 3.8) is 0 Å². The van der Waals surface area contributed by atoms with Crippen LogP contribution < -0.4 is 0 Å². The van der Waals surface area contributed by atoms with Crippen molar-refractivity contribution in [2.24, 2.45) is 5.11 Å². The molecule has 88 valence electrons. The molecule has 5 heteroatoms. The van der Waals surface area contributed by atoms with Gasteiger partial charge in [0.2, 0.25) is 0 Å². The van der Waals surface area contributed by atoms with Crippen molar-refractivity contribution in [3.8, 4) is 0 Å². The molecule has 15 heavy (non-hydrogen) atoms. The second-order valence-electron chi connectivity index (χ2n) is 4.63. The third-order valence-electron chi connectivity index (χ3n) is 2.47. The highest BCUT2D eigenvalue weighted by molar-refractivity contribution is 6.74. The molecule has 4 nitrogen and oxygen atoms in total. The Bertz CT molecular complexity index is 495. The van der Waals surface area contributed by atoms with Crippen LogP contribution in [0.4, 0.5) is 0 Å². The molecule has 0 rings (SSSR count). The summed E-state index contributed by atoms with van der Waals surface area (Å²) in [6.45, 7) is 2.19. The fourth-order valence-corrected chi connectivity index (χ4v) is 1.10. The van der Waals surface area contributed by atoms with E-state index in [1.807, 2.05) is 0 Å². The average molecular weight is 237 g/mol. The van der Waals surface area contributed by atoms with Crippen molar-refractivity contribution < 1.29 is 15.4 Å². The second kappa shape index (κ2) is 5.54. The van der Waals surface area contributed by atoms with Gasteiger partial charge in [0, 0.05) is 19.7 Å². The zero-order valence-electron chi connectivity index (χ0n) is 17.7. The number of nitrogens with zero attached hydrogens (tertiary/aromatic N) is 3. The lowest BCUT2D eigenvalue weighted by molar-refractivity contribution is 0.260. The molecule has 0 unspecified atom stereocenters. The van der Waals surface area contributed by atoms with Gasteiger partial charge in [-0.25, -0.2) is 0 Å². The molecule has 0 radical (unpaired) electrons. The highest BCUT2D eigenvalue weighted by atomic mass is 28.4. The van der Waals surface area contributed by atoms with E-state index in [1.54, 1.807) is 33.9 Å². The average Bonchev–Trinajstić information content (AvgIpc) is 2.23. The monoisotopic (exact) mass is 237 g/mol. The molecular formula is C10H23N3OSi. The summed E-state index contributed by atoms with van der Waals surface area (Å²) in [5, 5.41) is 2.38. The Morgan fingerprint density at radius 2 is 2.27 bits per heavy atom. The summed E-state index contributed by atoms with van der Waals surface area (Å²) in [6, 6.07) is -3.32. The lowest BCUT2D eigenvalue weighted by atomic mass is 10.2. The SMILES string of the molecule is [2H]C([2H])([2H])C([2H])([2H])[C@]([2H])(N=[N+]=[N-])C([2H])([2H])O[Si](C)(C)C(C)(C)C. The highest BCUT2D eigenvalue weighted by Gasteiger charge is 2.37. The Morgan fingerprint density at radius 3 is 2.67 bits per heavy atom. The summed E-state index contributed by atoms with van der Waals surface area (Å²) in [4.78, 5) is 2.29. The molecule has 0 spiro atoms. The van der Waals surface area contributed by atoms with E-state index in [4.69, 9.17) is 20.9 Å². The summed E-state index contributed by atoms with van der Waals surface area (Å²) >= 11 is 0. The van der Waals surface area contributed by atoms with Crippen LogP contribution >= 0.6 is 0 Å². The predicted molar refractivity (Wildman–Crippen MR) is 66.4 cm³/mol. The fraction of sp³-hybridized carbons (Fsp3) is 1.00. The van der Waals surface area contributed by atoms with E-state index in [0.29, 0.717) is 0 Å². The Labute approximate surface area is 105 Å². The minimum Gasteiger partial charge on any atom is -0.416 e. The fourth-order valence-electron chi connectivity index (χ4n) is 0.445. The molecule has 0 aromatic heterocycles. The second-order valence-corrected chi connectivity index (χ2v) is 9.35. The lowest BCUT2D eigenvalue weighted by Gasteiger charge is -2.36. The van der Waals surface area contributed by atoms with Gasteiger partial charge in [0.05, 0.1) is 8.76 Å². The van der Waals surface area contributed by atoms with E-state index < -0.39 is 39.2 Å². The maximum atomic E-state index is 8.63. The van der Waals surface area contributed by atoms with Crippen molar-refractivity contribution in [1.82, 2.24) is 0 Å². The van der Waals surface area contributed by atoms with Crippen LogP contribution in [0.3, 0.4) is 0 Å². The summed E-state index contributed by atoms with van der Waals surface area (Å²) < 4.78 is 66.6. The molecule has 0 aliphatic heterocycles. The molecule has 0 N–H and O–H groups in total. The molecule has 0 saturated heterocycles. The van der Waals surface area contributed by atoms with Crippen LogP contribution in [0.25, 0.3) is 10.4 Å². The Hall–Kier alpha value is -0.513. The highest BCUT2D eigenvalue weighted by Crippen LogP contribution is 2.36. The number of hydrogen-bond donors (Lipinski definition) is 0. The summed E-state index contributed by atoms with van der Waals surface area (Å²) in [6.07, 6.45) is -3.46. The summed E-state index contributed by atoms with van der Waals surface area (Å²) in [5.41, 5.74) is 8.63. The molecule has 0 amide bonds. The van der Waals surface area contributed by atoms with Gasteiger partial charge in [0.25, 0.3) is 0 Å². The minimum absolute atomic E-state index is 0.482. The molecular weight excluding hydrogens is 206 g/mol. The first-order valence-electron chi connectivity index (χ1n) is 8.53. The van der Waals surface area contributed by atoms with Crippen molar-refractivity contribution >= 4 is 8.32 Å². The van der Waals surface area contributed by atoms with Crippen LogP contribution in [0.15, 0.2) is 5.11 Å². The van der Waals surface area contributed by atoms with Crippen molar-refractivity contribution in [2.45, 2.75) is 58.1 Å². The van der Waals surface area contributed by atoms with Crippen molar-refractivity contribution in [2.75, 3.05) is 6.56 Å². The van der Waals surface area contributed by atoms with Gasteiger partial charge < -0.3 is 4.43 Å². The lowest BCUT2D eigenvalue weighted by Crippen LogP contribution is -2.42. The number of rotatable bonds is 5. The van der Waals surface area contributed by atoms with Crippen LogP contribution in [0.2, 0.25) is 18.1 Å². The third-order valence-corrected chi connectivity index (χ3v) is 6.70. The van der Waals surface area contributed by atoms with Gasteiger partial charge in [-0.2, -0.15) is 0 Å². The van der Waals surface area contributed by atoms with Gasteiger partial charge in [-0.1, -0.05) is 32.7 Å². The van der Waals surface area contributed by atoms with E-state index in [0.717, 1.165) is 0 Å². The topological polar surface area (TPSA) is 58.0 Å². The first-order valence-corrected chi connectivity index (χ1v) is 7.44. The van der Waals surface area contributed by atoms with Gasteiger partial charge in [0.1, 0.15) is 0 Å². The molecule has 0 fully saturated rings. The molecule has 0 aromatic carbocycles. The zero-order valence-corrected chi connectivity index (χ0v) is 10.7. The minimum atomic E-state index is -3.46. The molecule has 1 atom stereocenters. The van der Waals surface area contributed by atoms with Gasteiger partial charge in [-0.3, -0.25) is 0 Å². The van der Waals surface area contributed by atoms with E-state index >= 15 is 0 Å². The third kappa shape index (κ3) is 4.69. The van der Waals surface area contributed by atoms with Crippen LogP contribution in [0, 0.1) is 0 Å². The molecule has 0 saturated carbocycles. The van der Waals surface area contributed by atoms with E-state index in [1.165, 1.54) is 0 Å². The molecule has 0 bridgehead atoms. The van der Waals surface area contributed by atoms with Gasteiger partial charge in [-0.05, 0) is 30.0 Å². The van der Waals surface area contributed by atoms with Crippen LogP contribution in [-0.2, 0) is 4.43 Å². The molecule has 0 aliphatic rings. The zero-order chi connectivity index (χ0) is 19.1. The van der Waals surface area contributed by atoms with Crippen LogP contribution in [0.5, 0.6) is 0 Å². The molecule has 0 aromatic rings. The van der Waals surface area contributed by atoms with Crippen LogP contribution in [-0.4, -0.2) is 20.9 Å². The van der Waals surface area contributed by atoms with E-state index in [9.17, 15) is 0 Å². The maximum Gasteiger partial charge on any atom is 0.191 e. The normalized spacial score (nSPS) is 27.3. The predicted octanol–water partition coefficient (Wildman–Crippen LogP) is 4.10. The Balaban J connectivity index is 6.21. The van der Waals surface area contributed by atoms with Crippen molar-refractivity contribution in [1.29, 1.82) is 0 Å². The smallest absolute Gasteiger partial charge is 0.191 e. The quantitative estimate of drug-likeness (QED) is 0.307. The standard InChI is InChI=1S/C10H23N3OSi/c1-7-9(12-13-11)8-14-15(5,6)10(2,3)4/h9H,7-8H2,1-6H3/t9-/m0/s1/i1D3,7D2,8D2,9D. The van der Waals surface area contributed by atoms with Crippen molar-refractivity contribution in [3.05, 3.63) is 10.4 Å². The summed E-state index contributed by atoms with van der Waals surface area (Å²) in [7, 11) is -2.85. The Morgan fingerprint density at radius 1 is 1.67 bits per heavy atom. The van der Waals surface area contributed by atoms with Gasteiger partial charge in [0.15, 0.2) is 8.32 Å². The van der Waals surface area contributed by atoms with E-state index in [2.05, 4.69) is 10.0 Å². The Kier molecular flexibility index (Phi) is 2.11. The summed E-state index contributed by atoms with van der Waals surface area (Å²) in [5.74, 6) is 0. The maximum absolute atomic E-state index is 8.63.